The van der Waals surface area contributed by atoms with Crippen LogP contribution in [0.1, 0.15) is 19.3 Å². The van der Waals surface area contributed by atoms with Gasteiger partial charge in [0.05, 0.1) is 39.0 Å². The number of carbonyl (C=O) groups is 2. The van der Waals surface area contributed by atoms with Crippen molar-refractivity contribution in [3.63, 3.8) is 0 Å². The van der Waals surface area contributed by atoms with Crippen LogP contribution >= 0.6 is 22.7 Å². The number of nitro groups is 1. The van der Waals surface area contributed by atoms with Crippen LogP contribution in [0.15, 0.2) is 36.4 Å². The highest BCUT2D eigenvalue weighted by molar-refractivity contribution is 7.21. The minimum Gasteiger partial charge on any atom is -0.495 e. The maximum atomic E-state index is 11.4. The molecular weight excluding hydrogens is 484 g/mol. The van der Waals surface area contributed by atoms with Crippen LogP contribution in [-0.4, -0.2) is 45.3 Å². The summed E-state index contributed by atoms with van der Waals surface area (Å²) in [6.07, 6.45) is 0. The normalized spacial score (nSPS) is 10.4. The van der Waals surface area contributed by atoms with E-state index in [4.69, 9.17) is 15.2 Å². The van der Waals surface area contributed by atoms with Gasteiger partial charge in [-0.25, -0.2) is 9.59 Å². The molecule has 2 aromatic carbocycles. The third kappa shape index (κ3) is 5.02. The van der Waals surface area contributed by atoms with E-state index in [0.29, 0.717) is 26.6 Å². The summed E-state index contributed by atoms with van der Waals surface area (Å²) >= 11 is 2.56. The van der Waals surface area contributed by atoms with Gasteiger partial charge in [-0.3, -0.25) is 10.1 Å². The average Bonchev–Trinajstić information content (AvgIpc) is 3.45. The van der Waals surface area contributed by atoms with Crippen molar-refractivity contribution in [3.8, 4) is 11.5 Å². The Bertz CT molecular complexity index is 1390. The second kappa shape index (κ2) is 10.4. The summed E-state index contributed by atoms with van der Waals surface area (Å²) in [5, 5.41) is 12.4. The number of fused-ring (bicyclic) bond motifs is 2. The molecule has 0 saturated carbocycles. The molecule has 0 unspecified atom stereocenters. The zero-order valence-electron chi connectivity index (χ0n) is 18.6. The molecule has 4 aromatic rings. The molecule has 0 aliphatic rings. The molecule has 10 nitrogen and oxygen atoms in total. The Labute approximate surface area is 201 Å². The summed E-state index contributed by atoms with van der Waals surface area (Å²) in [6, 6.07) is 9.88. The number of benzene rings is 2. The average molecular weight is 505 g/mol. The Kier molecular flexibility index (Phi) is 7.54. The first kappa shape index (κ1) is 24.7. The van der Waals surface area contributed by atoms with Crippen molar-refractivity contribution in [1.82, 2.24) is 0 Å². The maximum absolute atomic E-state index is 11.4. The molecule has 0 fully saturated rings. The third-order valence-electron chi connectivity index (χ3n) is 4.66. The molecule has 12 heteroatoms. The third-order valence-corrected chi connectivity index (χ3v) is 6.81. The highest BCUT2D eigenvalue weighted by Crippen LogP contribution is 2.36. The second-order valence-electron chi connectivity index (χ2n) is 6.66. The number of nitrogen functional groups attached to an aromatic ring is 1. The first-order chi connectivity index (χ1) is 16.2. The zero-order valence-corrected chi connectivity index (χ0v) is 20.2. The number of carbonyl (C=O) groups excluding carboxylic acids is 2. The van der Waals surface area contributed by atoms with Crippen LogP contribution in [0.25, 0.3) is 20.2 Å². The SMILES string of the molecule is COC(=O)c1cc2cc(N)c(OC)cc2s1.COC(=O)c1cc2cc([N+](=O)[O-])c(OC)cc2s1. The molecule has 178 valence electrons. The summed E-state index contributed by atoms with van der Waals surface area (Å²) in [7, 11) is 5.58. The van der Waals surface area contributed by atoms with E-state index < -0.39 is 10.9 Å². The number of anilines is 1. The van der Waals surface area contributed by atoms with Gasteiger partial charge < -0.3 is 24.7 Å². The van der Waals surface area contributed by atoms with Crippen LogP contribution < -0.4 is 15.2 Å². The van der Waals surface area contributed by atoms with Gasteiger partial charge in [0.1, 0.15) is 15.5 Å². The Morgan fingerprint density at radius 3 is 1.71 bits per heavy atom. The predicted octanol–water partition coefficient (Wildman–Crippen LogP) is 4.88. The summed E-state index contributed by atoms with van der Waals surface area (Å²) < 4.78 is 21.0. The van der Waals surface area contributed by atoms with Gasteiger partial charge in [-0.2, -0.15) is 0 Å². The van der Waals surface area contributed by atoms with E-state index in [1.165, 1.54) is 50.1 Å². The summed E-state index contributed by atoms with van der Waals surface area (Å²) in [6.45, 7) is 0. The van der Waals surface area contributed by atoms with Gasteiger partial charge in [0.25, 0.3) is 0 Å². The van der Waals surface area contributed by atoms with Crippen LogP contribution in [0.2, 0.25) is 0 Å². The molecule has 0 amide bonds. The molecule has 34 heavy (non-hydrogen) atoms. The van der Waals surface area contributed by atoms with E-state index >= 15 is 0 Å². The fourth-order valence-electron chi connectivity index (χ4n) is 3.03. The van der Waals surface area contributed by atoms with E-state index in [0.717, 1.165) is 14.8 Å². The van der Waals surface area contributed by atoms with Crippen molar-refractivity contribution in [3.05, 3.63) is 56.3 Å². The lowest BCUT2D eigenvalue weighted by Gasteiger charge is -2.03. The zero-order chi connectivity index (χ0) is 25.0. The smallest absolute Gasteiger partial charge is 0.348 e. The minimum atomic E-state index is -0.520. The van der Waals surface area contributed by atoms with E-state index in [1.807, 2.05) is 6.07 Å². The van der Waals surface area contributed by atoms with Crippen LogP contribution in [-0.2, 0) is 9.47 Å². The Balaban J connectivity index is 0.000000192. The number of thiophene rings is 2. The molecule has 2 N–H and O–H groups in total. The molecular formula is C22H20N2O8S2. The number of hydrogen-bond donors (Lipinski definition) is 1. The first-order valence-corrected chi connectivity index (χ1v) is 11.1. The highest BCUT2D eigenvalue weighted by Gasteiger charge is 2.19. The summed E-state index contributed by atoms with van der Waals surface area (Å²) in [5.74, 6) is -0.00640. The fraction of sp³-hybridized carbons (Fsp3) is 0.182. The summed E-state index contributed by atoms with van der Waals surface area (Å²) in [5.41, 5.74) is 6.21. The van der Waals surface area contributed by atoms with Crippen molar-refractivity contribution < 1.29 is 33.5 Å². The number of nitrogens with zero attached hydrogens (tertiary/aromatic N) is 1. The lowest BCUT2D eigenvalue weighted by atomic mass is 10.2. The van der Waals surface area contributed by atoms with E-state index in [-0.39, 0.29) is 17.4 Å². The lowest BCUT2D eigenvalue weighted by molar-refractivity contribution is -0.385. The van der Waals surface area contributed by atoms with Crippen molar-refractivity contribution in [1.29, 1.82) is 0 Å². The predicted molar refractivity (Wildman–Crippen MR) is 130 cm³/mol. The van der Waals surface area contributed by atoms with Gasteiger partial charge in [-0.05, 0) is 23.6 Å². The van der Waals surface area contributed by atoms with Gasteiger partial charge in [0, 0.05) is 33.0 Å². The van der Waals surface area contributed by atoms with Crippen LogP contribution in [0, 0.1) is 10.1 Å². The van der Waals surface area contributed by atoms with Gasteiger partial charge in [-0.1, -0.05) is 0 Å². The topological polar surface area (TPSA) is 140 Å². The quantitative estimate of drug-likeness (QED) is 0.174. The van der Waals surface area contributed by atoms with Crippen molar-refractivity contribution in [2.75, 3.05) is 34.2 Å². The number of ether oxygens (including phenoxy) is 4. The monoisotopic (exact) mass is 504 g/mol. The Morgan fingerprint density at radius 1 is 0.794 bits per heavy atom. The van der Waals surface area contributed by atoms with E-state index in [1.54, 1.807) is 31.4 Å². The van der Waals surface area contributed by atoms with Crippen molar-refractivity contribution in [2.24, 2.45) is 0 Å². The Morgan fingerprint density at radius 2 is 1.26 bits per heavy atom. The molecule has 0 saturated heterocycles. The molecule has 2 aromatic heterocycles. The standard InChI is InChI=1S/C11H9NO5S.C11H11NO3S/c1-16-8-5-9-6(3-7(8)12(14)15)4-10(18-9)11(13)17-2;1-14-8-5-9-6(3-7(8)12)4-10(16-9)11(13)15-2/h3-5H,1-2H3;3-5H,12H2,1-2H3. The molecule has 2 heterocycles. The van der Waals surface area contributed by atoms with Gasteiger partial charge >= 0.3 is 17.6 Å². The van der Waals surface area contributed by atoms with Gasteiger partial charge in [0.15, 0.2) is 5.75 Å². The molecule has 0 bridgehead atoms. The number of methoxy groups -OCH3 is 4. The minimum absolute atomic E-state index is 0.126. The number of hydrogen-bond acceptors (Lipinski definition) is 11. The van der Waals surface area contributed by atoms with Crippen LogP contribution in [0.5, 0.6) is 11.5 Å². The molecule has 0 radical (unpaired) electrons. The maximum Gasteiger partial charge on any atom is 0.348 e. The summed E-state index contributed by atoms with van der Waals surface area (Å²) in [4.78, 5) is 34.0. The van der Waals surface area contributed by atoms with Crippen LogP contribution in [0.4, 0.5) is 11.4 Å². The van der Waals surface area contributed by atoms with Gasteiger partial charge in [0.2, 0.25) is 0 Å². The van der Waals surface area contributed by atoms with Gasteiger partial charge in [-0.15, -0.1) is 22.7 Å². The Hall–Kier alpha value is -3.90. The molecule has 0 spiro atoms. The lowest BCUT2D eigenvalue weighted by Crippen LogP contribution is -1.96. The largest absolute Gasteiger partial charge is 0.495 e. The number of rotatable bonds is 5. The van der Waals surface area contributed by atoms with Crippen molar-refractivity contribution >= 4 is 66.2 Å². The number of esters is 2. The molecule has 0 aliphatic carbocycles. The number of nitro benzene ring substituents is 1. The second-order valence-corrected chi connectivity index (χ2v) is 8.82. The van der Waals surface area contributed by atoms with Crippen molar-refractivity contribution in [2.45, 2.75) is 0 Å². The van der Waals surface area contributed by atoms with E-state index in [9.17, 15) is 19.7 Å². The fourth-order valence-corrected chi connectivity index (χ4v) is 5.01. The number of nitrogens with two attached hydrogens (primary N) is 1. The first-order valence-electron chi connectivity index (χ1n) is 9.52. The molecule has 0 aliphatic heterocycles. The van der Waals surface area contributed by atoms with E-state index in [2.05, 4.69) is 9.47 Å². The molecule has 0 atom stereocenters. The molecule has 4 rings (SSSR count). The highest BCUT2D eigenvalue weighted by atomic mass is 32.1. The van der Waals surface area contributed by atoms with Crippen LogP contribution in [0.3, 0.4) is 0 Å².